The van der Waals surface area contributed by atoms with Crippen molar-refractivity contribution in [1.82, 2.24) is 5.32 Å². The fourth-order valence-corrected chi connectivity index (χ4v) is 1.90. The van der Waals surface area contributed by atoms with Crippen LogP contribution in [-0.4, -0.2) is 12.3 Å². The number of hydrogen-bond donors (Lipinski definition) is 1. The molecule has 0 aliphatic heterocycles. The van der Waals surface area contributed by atoms with E-state index in [-0.39, 0.29) is 0 Å². The third kappa shape index (κ3) is 3.35. The summed E-state index contributed by atoms with van der Waals surface area (Å²) in [4.78, 5) is 1.32. The van der Waals surface area contributed by atoms with Crippen molar-refractivity contribution in [3.05, 3.63) is 29.8 Å². The SMILES string of the molecule is CSc1ccc(C(C)NC(C)C)cc1. The van der Waals surface area contributed by atoms with Crippen LogP contribution in [0.15, 0.2) is 29.2 Å². The molecule has 1 aromatic carbocycles. The van der Waals surface area contributed by atoms with Crippen molar-refractivity contribution >= 4 is 11.8 Å². The van der Waals surface area contributed by atoms with Crippen molar-refractivity contribution in [2.24, 2.45) is 0 Å². The summed E-state index contributed by atoms with van der Waals surface area (Å²) in [5.41, 5.74) is 1.36. The van der Waals surface area contributed by atoms with Crippen molar-refractivity contribution in [3.63, 3.8) is 0 Å². The summed E-state index contributed by atoms with van der Waals surface area (Å²) in [6.45, 7) is 6.55. The molecule has 1 N–H and O–H groups in total. The molecular weight excluding hydrogens is 190 g/mol. The van der Waals surface area contributed by atoms with E-state index in [2.05, 4.69) is 56.6 Å². The van der Waals surface area contributed by atoms with Gasteiger partial charge in [0.1, 0.15) is 0 Å². The highest BCUT2D eigenvalue weighted by Crippen LogP contribution is 2.18. The smallest absolute Gasteiger partial charge is 0.0294 e. The molecule has 0 saturated carbocycles. The Balaban J connectivity index is 2.66. The number of nitrogens with one attached hydrogen (secondary N) is 1. The first-order valence-electron chi connectivity index (χ1n) is 5.03. The van der Waals surface area contributed by atoms with Gasteiger partial charge in [-0.3, -0.25) is 0 Å². The van der Waals surface area contributed by atoms with Crippen LogP contribution in [0.1, 0.15) is 32.4 Å². The summed E-state index contributed by atoms with van der Waals surface area (Å²) in [6, 6.07) is 9.73. The fourth-order valence-electron chi connectivity index (χ4n) is 1.49. The second kappa shape index (κ2) is 5.42. The van der Waals surface area contributed by atoms with E-state index in [1.165, 1.54) is 10.5 Å². The molecule has 78 valence electrons. The number of thioether (sulfide) groups is 1. The van der Waals surface area contributed by atoms with E-state index in [0.717, 1.165) is 0 Å². The Bertz CT molecular complexity index is 266. The van der Waals surface area contributed by atoms with Gasteiger partial charge in [0, 0.05) is 17.0 Å². The average Bonchev–Trinajstić information content (AvgIpc) is 2.17. The van der Waals surface area contributed by atoms with Crippen molar-refractivity contribution in [2.75, 3.05) is 6.26 Å². The summed E-state index contributed by atoms with van der Waals surface area (Å²) in [5, 5.41) is 3.49. The van der Waals surface area contributed by atoms with E-state index in [1.54, 1.807) is 11.8 Å². The molecule has 2 heteroatoms. The largest absolute Gasteiger partial charge is 0.308 e. The van der Waals surface area contributed by atoms with Gasteiger partial charge in [-0.2, -0.15) is 0 Å². The lowest BCUT2D eigenvalue weighted by Crippen LogP contribution is -2.25. The van der Waals surface area contributed by atoms with Gasteiger partial charge in [-0.1, -0.05) is 26.0 Å². The molecule has 1 atom stereocenters. The first-order valence-corrected chi connectivity index (χ1v) is 6.26. The van der Waals surface area contributed by atoms with E-state index >= 15 is 0 Å². The second-order valence-electron chi connectivity index (χ2n) is 3.82. The Labute approximate surface area is 91.3 Å². The lowest BCUT2D eigenvalue weighted by atomic mass is 10.1. The van der Waals surface area contributed by atoms with Crippen LogP contribution >= 0.6 is 11.8 Å². The van der Waals surface area contributed by atoms with E-state index in [0.29, 0.717) is 12.1 Å². The predicted octanol–water partition coefficient (Wildman–Crippen LogP) is 3.47. The zero-order chi connectivity index (χ0) is 10.6. The fraction of sp³-hybridized carbons (Fsp3) is 0.500. The number of hydrogen-bond acceptors (Lipinski definition) is 2. The van der Waals surface area contributed by atoms with Crippen LogP contribution in [0.5, 0.6) is 0 Å². The van der Waals surface area contributed by atoms with E-state index in [9.17, 15) is 0 Å². The standard InChI is InChI=1S/C12H19NS/c1-9(2)13-10(3)11-5-7-12(14-4)8-6-11/h5-10,13H,1-4H3. The zero-order valence-corrected chi connectivity index (χ0v) is 10.2. The van der Waals surface area contributed by atoms with Crippen molar-refractivity contribution in [1.29, 1.82) is 0 Å². The molecule has 1 nitrogen and oxygen atoms in total. The summed E-state index contributed by atoms with van der Waals surface area (Å²) >= 11 is 1.78. The highest BCUT2D eigenvalue weighted by molar-refractivity contribution is 7.98. The van der Waals surface area contributed by atoms with Gasteiger partial charge in [-0.05, 0) is 30.9 Å². The first kappa shape index (κ1) is 11.6. The molecule has 0 radical (unpaired) electrons. The van der Waals surface area contributed by atoms with Gasteiger partial charge in [-0.25, -0.2) is 0 Å². The van der Waals surface area contributed by atoms with Crippen LogP contribution in [0.3, 0.4) is 0 Å². The summed E-state index contributed by atoms with van der Waals surface area (Å²) in [7, 11) is 0. The zero-order valence-electron chi connectivity index (χ0n) is 9.37. The molecule has 0 amide bonds. The lowest BCUT2D eigenvalue weighted by molar-refractivity contribution is 0.506. The van der Waals surface area contributed by atoms with Crippen LogP contribution in [-0.2, 0) is 0 Å². The molecule has 1 unspecified atom stereocenters. The molecule has 0 aliphatic carbocycles. The highest BCUT2D eigenvalue weighted by atomic mass is 32.2. The van der Waals surface area contributed by atoms with Gasteiger partial charge in [0.05, 0.1) is 0 Å². The number of rotatable bonds is 4. The maximum absolute atomic E-state index is 3.49. The van der Waals surface area contributed by atoms with E-state index in [4.69, 9.17) is 0 Å². The third-order valence-electron chi connectivity index (χ3n) is 2.20. The summed E-state index contributed by atoms with van der Waals surface area (Å²) in [5.74, 6) is 0. The molecule has 0 aromatic heterocycles. The Morgan fingerprint density at radius 1 is 1.07 bits per heavy atom. The predicted molar refractivity (Wildman–Crippen MR) is 64.9 cm³/mol. The van der Waals surface area contributed by atoms with Gasteiger partial charge in [0.2, 0.25) is 0 Å². The van der Waals surface area contributed by atoms with Gasteiger partial charge in [0.25, 0.3) is 0 Å². The van der Waals surface area contributed by atoms with Gasteiger partial charge >= 0.3 is 0 Å². The number of benzene rings is 1. The normalized spacial score (nSPS) is 13.2. The van der Waals surface area contributed by atoms with Gasteiger partial charge in [-0.15, -0.1) is 11.8 Å². The molecule has 0 spiro atoms. The van der Waals surface area contributed by atoms with Crippen LogP contribution in [0.4, 0.5) is 0 Å². The monoisotopic (exact) mass is 209 g/mol. The molecule has 1 aromatic rings. The van der Waals surface area contributed by atoms with Crippen LogP contribution < -0.4 is 5.32 Å². The second-order valence-corrected chi connectivity index (χ2v) is 4.70. The maximum Gasteiger partial charge on any atom is 0.0294 e. The quantitative estimate of drug-likeness (QED) is 0.762. The first-order chi connectivity index (χ1) is 6.63. The molecule has 0 saturated heterocycles. The maximum atomic E-state index is 3.49. The lowest BCUT2D eigenvalue weighted by Gasteiger charge is -2.17. The summed E-state index contributed by atoms with van der Waals surface area (Å²) in [6.07, 6.45) is 2.10. The molecule has 14 heavy (non-hydrogen) atoms. The minimum Gasteiger partial charge on any atom is -0.308 e. The average molecular weight is 209 g/mol. The molecular formula is C12H19NS. The van der Waals surface area contributed by atoms with Crippen molar-refractivity contribution < 1.29 is 0 Å². The molecule has 1 rings (SSSR count). The van der Waals surface area contributed by atoms with Gasteiger partial charge < -0.3 is 5.32 Å². The highest BCUT2D eigenvalue weighted by Gasteiger charge is 2.05. The van der Waals surface area contributed by atoms with E-state index in [1.807, 2.05) is 0 Å². The topological polar surface area (TPSA) is 12.0 Å². The molecule has 0 fully saturated rings. The van der Waals surface area contributed by atoms with E-state index < -0.39 is 0 Å². The van der Waals surface area contributed by atoms with Gasteiger partial charge in [0.15, 0.2) is 0 Å². The van der Waals surface area contributed by atoms with Crippen LogP contribution in [0.25, 0.3) is 0 Å². The van der Waals surface area contributed by atoms with Crippen LogP contribution in [0, 0.1) is 0 Å². The minimum atomic E-state index is 0.436. The van der Waals surface area contributed by atoms with Crippen LogP contribution in [0.2, 0.25) is 0 Å². The minimum absolute atomic E-state index is 0.436. The molecule has 0 heterocycles. The third-order valence-corrected chi connectivity index (χ3v) is 2.94. The Kier molecular flexibility index (Phi) is 4.49. The summed E-state index contributed by atoms with van der Waals surface area (Å²) < 4.78 is 0. The Morgan fingerprint density at radius 3 is 2.07 bits per heavy atom. The molecule has 0 bridgehead atoms. The van der Waals surface area contributed by atoms with Crippen molar-refractivity contribution in [3.8, 4) is 0 Å². The molecule has 0 aliphatic rings. The van der Waals surface area contributed by atoms with Crippen molar-refractivity contribution in [2.45, 2.75) is 37.8 Å². The Morgan fingerprint density at radius 2 is 1.64 bits per heavy atom. The Hall–Kier alpha value is -0.470.